The van der Waals surface area contributed by atoms with E-state index in [1.54, 1.807) is 0 Å². The molecule has 0 saturated heterocycles. The average Bonchev–Trinajstić information content (AvgIpc) is 0.824. The third-order valence-corrected chi connectivity index (χ3v) is 20.4. The van der Waals surface area contributed by atoms with Gasteiger partial charge in [0.05, 0.1) is 0 Å². The molecule has 448 valence electrons. The molecule has 3 aliphatic carbocycles. The Morgan fingerprint density at radius 1 is 0.233 bits per heavy atom. The van der Waals surface area contributed by atoms with E-state index < -0.39 is 0 Å². The molecule has 90 heavy (non-hydrogen) atoms. The first-order chi connectivity index (χ1) is 42.8. The summed E-state index contributed by atoms with van der Waals surface area (Å²) in [5.41, 5.74) is 37.2. The third kappa shape index (κ3) is 10.3. The van der Waals surface area contributed by atoms with Crippen LogP contribution < -0.4 is 0 Å². The molecule has 14 rings (SSSR count). The summed E-state index contributed by atoms with van der Waals surface area (Å²) in [6.07, 6.45) is 0.872. The second-order valence-corrected chi connectivity index (χ2v) is 31.7. The highest BCUT2D eigenvalue weighted by atomic mass is 14.5. The largest absolute Gasteiger partial charge is 0.0622 e. The summed E-state index contributed by atoms with van der Waals surface area (Å²) in [5.74, 6) is -0.317. The first-order valence-electron chi connectivity index (χ1n) is 33.1. The quantitative estimate of drug-likeness (QED) is 0.149. The molecule has 0 N–H and O–H groups in total. The zero-order chi connectivity index (χ0) is 63.0. The second kappa shape index (κ2) is 21.6. The van der Waals surface area contributed by atoms with Crippen LogP contribution in [0.3, 0.4) is 0 Å². The van der Waals surface area contributed by atoms with Gasteiger partial charge in [0.15, 0.2) is 0 Å². The van der Waals surface area contributed by atoms with E-state index in [1.165, 1.54) is 156 Å². The van der Waals surface area contributed by atoms with Gasteiger partial charge < -0.3 is 0 Å². The predicted octanol–water partition coefficient (Wildman–Crippen LogP) is 24.2. The molecule has 11 aromatic carbocycles. The van der Waals surface area contributed by atoms with Crippen molar-refractivity contribution >= 4 is 0 Å². The van der Waals surface area contributed by atoms with Gasteiger partial charge in [0.2, 0.25) is 0 Å². The Kier molecular flexibility index (Phi) is 14.1. The van der Waals surface area contributed by atoms with Crippen LogP contribution in [-0.4, -0.2) is 0 Å². The molecular formula is C90H88. The van der Waals surface area contributed by atoms with Crippen LogP contribution in [0.15, 0.2) is 231 Å². The van der Waals surface area contributed by atoms with Crippen molar-refractivity contribution < 1.29 is 0 Å². The van der Waals surface area contributed by atoms with Gasteiger partial charge in [0.1, 0.15) is 0 Å². The maximum Gasteiger partial charge on any atom is 0.0358 e. The topological polar surface area (TPSA) is 0 Å². The van der Waals surface area contributed by atoms with Gasteiger partial charge >= 0.3 is 0 Å². The number of benzene rings is 11. The predicted molar refractivity (Wildman–Crippen MR) is 384 cm³/mol. The molecular weight excluding hydrogens is 1080 g/mol. The van der Waals surface area contributed by atoms with Gasteiger partial charge in [-0.25, -0.2) is 0 Å². The van der Waals surface area contributed by atoms with Crippen molar-refractivity contribution in [1.82, 2.24) is 0 Å². The van der Waals surface area contributed by atoms with E-state index in [4.69, 9.17) is 0 Å². The monoisotopic (exact) mass is 1170 g/mol. The van der Waals surface area contributed by atoms with Crippen LogP contribution in [0.4, 0.5) is 0 Å². The fourth-order valence-corrected chi connectivity index (χ4v) is 15.3. The van der Waals surface area contributed by atoms with Crippen LogP contribution in [0.5, 0.6) is 0 Å². The standard InChI is InChI=1S/C90H88/c1-86(2,3)63-43-61(44-64(50-63)87(4,5)6)58-39-41-71-75(47-58)82-72-42-40-59(62-45-65(88(7,8)9)51-66(46-62)89(10,11)12)48-76(72)83(79-53-67(90(13,14)15)52-78(84(79)82)81(71)70-38-28-27-36-68(70)55-29-19-16-20-30-55)85-73(56-31-21-17-22-32-56)54-74-69-37-26-25-35-60(69)49-77(74)80(85)57-33-23-18-24-34-57/h16-48,50-54,81-83H,49H2,1-15H3. The lowest BCUT2D eigenvalue weighted by atomic mass is 9.58. The van der Waals surface area contributed by atoms with E-state index in [-0.39, 0.29) is 44.8 Å². The number of hydrogen-bond donors (Lipinski definition) is 0. The molecule has 0 radical (unpaired) electrons. The summed E-state index contributed by atoms with van der Waals surface area (Å²) in [4.78, 5) is 0. The first-order valence-corrected chi connectivity index (χ1v) is 33.1. The second-order valence-electron chi connectivity index (χ2n) is 31.7. The van der Waals surface area contributed by atoms with Crippen molar-refractivity contribution in [3.8, 4) is 66.8 Å². The van der Waals surface area contributed by atoms with E-state index in [2.05, 4.69) is 334 Å². The highest BCUT2D eigenvalue weighted by molar-refractivity contribution is 5.95. The molecule has 0 spiro atoms. The Hall–Kier alpha value is -8.58. The van der Waals surface area contributed by atoms with Gasteiger partial charge in [0.25, 0.3) is 0 Å². The Morgan fingerprint density at radius 2 is 0.622 bits per heavy atom. The molecule has 3 aliphatic rings. The Morgan fingerprint density at radius 3 is 1.11 bits per heavy atom. The van der Waals surface area contributed by atoms with Gasteiger partial charge in [-0.3, -0.25) is 0 Å². The van der Waals surface area contributed by atoms with Crippen molar-refractivity contribution in [1.29, 1.82) is 0 Å². The summed E-state index contributed by atoms with van der Waals surface area (Å²) < 4.78 is 0. The molecule has 0 saturated carbocycles. The van der Waals surface area contributed by atoms with Gasteiger partial charge in [-0.1, -0.05) is 316 Å². The van der Waals surface area contributed by atoms with Crippen LogP contribution in [0.2, 0.25) is 0 Å². The fraction of sp³-hybridized carbons (Fsp3) is 0.267. The van der Waals surface area contributed by atoms with E-state index >= 15 is 0 Å². The van der Waals surface area contributed by atoms with Gasteiger partial charge in [0, 0.05) is 17.8 Å². The molecule has 0 heteroatoms. The molecule has 0 fully saturated rings. The van der Waals surface area contributed by atoms with Gasteiger partial charge in [-0.15, -0.1) is 0 Å². The van der Waals surface area contributed by atoms with E-state index in [0.717, 1.165) is 6.42 Å². The van der Waals surface area contributed by atoms with Crippen molar-refractivity contribution in [2.24, 2.45) is 0 Å². The summed E-state index contributed by atoms with van der Waals surface area (Å²) in [7, 11) is 0. The first kappa shape index (κ1) is 59.1. The molecule has 0 nitrogen and oxygen atoms in total. The maximum absolute atomic E-state index is 2.70. The minimum Gasteiger partial charge on any atom is -0.0622 e. The minimum atomic E-state index is -0.189. The molecule has 3 atom stereocenters. The Labute approximate surface area is 538 Å². The van der Waals surface area contributed by atoms with E-state index in [0.29, 0.717) is 0 Å². The highest BCUT2D eigenvalue weighted by Gasteiger charge is 2.46. The minimum absolute atomic E-state index is 0.0400. The number of fused-ring (bicyclic) bond motifs is 7. The van der Waals surface area contributed by atoms with Gasteiger partial charge in [-0.2, -0.15) is 0 Å². The van der Waals surface area contributed by atoms with Crippen molar-refractivity contribution in [2.75, 3.05) is 0 Å². The summed E-state index contributed by atoms with van der Waals surface area (Å²) in [5, 5.41) is 0. The van der Waals surface area contributed by atoms with Crippen molar-refractivity contribution in [2.45, 2.75) is 155 Å². The van der Waals surface area contributed by atoms with Crippen molar-refractivity contribution in [3.05, 3.63) is 320 Å². The van der Waals surface area contributed by atoms with Crippen LogP contribution in [0.25, 0.3) is 66.8 Å². The lowest BCUT2D eigenvalue weighted by Crippen LogP contribution is -2.30. The summed E-state index contributed by atoms with van der Waals surface area (Å²) in [6, 6.07) is 90.9. The SMILES string of the molecule is CC(C)(C)c1cc(-c2ccc3c(c2)C2c4ccc(-c5cc(C(C)(C)C)cc(C(C)(C)C)c5)cc4C(c4c(-c5ccccc5)cc5c(c4-c4ccccc4)Cc4ccccc4-5)c4cc(C(C)(C)C)cc(c42)C3c2ccccc2-c2ccccc2)cc(C(C)(C)C)c1. The lowest BCUT2D eigenvalue weighted by molar-refractivity contribution is 0.568. The molecule has 0 amide bonds. The molecule has 0 heterocycles. The molecule has 0 aliphatic heterocycles. The van der Waals surface area contributed by atoms with Crippen LogP contribution >= 0.6 is 0 Å². The highest BCUT2D eigenvalue weighted by Crippen LogP contribution is 2.62. The summed E-state index contributed by atoms with van der Waals surface area (Å²) >= 11 is 0. The average molecular weight is 1170 g/mol. The summed E-state index contributed by atoms with van der Waals surface area (Å²) in [6.45, 7) is 35.7. The van der Waals surface area contributed by atoms with Crippen molar-refractivity contribution in [3.63, 3.8) is 0 Å². The third-order valence-electron chi connectivity index (χ3n) is 20.4. The molecule has 11 aromatic rings. The molecule has 0 bridgehead atoms. The zero-order valence-electron chi connectivity index (χ0n) is 55.9. The smallest absolute Gasteiger partial charge is 0.0358 e. The zero-order valence-corrected chi connectivity index (χ0v) is 55.9. The normalized spacial score (nSPS) is 16.0. The number of rotatable bonds is 7. The lowest BCUT2D eigenvalue weighted by Gasteiger charge is -2.45. The Balaban J connectivity index is 1.17. The maximum atomic E-state index is 2.70. The Bertz CT molecular complexity index is 4540. The van der Waals surface area contributed by atoms with Gasteiger partial charge in [-0.05, 0) is 207 Å². The molecule has 3 unspecified atom stereocenters. The number of hydrogen-bond acceptors (Lipinski definition) is 0. The van der Waals surface area contributed by atoms with E-state index in [9.17, 15) is 0 Å². The van der Waals surface area contributed by atoms with Crippen LogP contribution in [0, 0.1) is 0 Å². The van der Waals surface area contributed by atoms with Crippen LogP contribution in [0.1, 0.15) is 211 Å². The van der Waals surface area contributed by atoms with E-state index in [1.807, 2.05) is 0 Å². The molecule has 0 aromatic heterocycles. The fourth-order valence-electron chi connectivity index (χ4n) is 15.3. The van der Waals surface area contributed by atoms with Crippen LogP contribution in [-0.2, 0) is 33.5 Å².